The lowest BCUT2D eigenvalue weighted by Crippen LogP contribution is -2.48. The molecule has 16 heavy (non-hydrogen) atoms. The molecule has 0 aliphatic carbocycles. The number of Topliss-reactive ketones (excluding diaryl/α,β-unsaturated/α-hetero) is 1. The minimum absolute atomic E-state index is 0.0836. The van der Waals surface area contributed by atoms with E-state index in [9.17, 15) is 4.79 Å². The third-order valence-corrected chi connectivity index (χ3v) is 3.61. The second kappa shape index (κ2) is 4.30. The van der Waals surface area contributed by atoms with Crippen molar-refractivity contribution in [1.29, 1.82) is 0 Å². The zero-order valence-corrected chi connectivity index (χ0v) is 11.1. The smallest absolute Gasteiger partial charge is 0.130 e. The van der Waals surface area contributed by atoms with E-state index in [2.05, 4.69) is 35.0 Å². The molecule has 1 fully saturated rings. The molecule has 1 aliphatic heterocycles. The number of ether oxygens (including phenoxy) is 1. The van der Waals surface area contributed by atoms with Crippen LogP contribution >= 0.6 is 15.9 Å². The van der Waals surface area contributed by atoms with Gasteiger partial charge in [-0.15, -0.1) is 0 Å². The van der Waals surface area contributed by atoms with Crippen LogP contribution in [-0.2, 0) is 14.9 Å². The Morgan fingerprint density at radius 1 is 1.50 bits per heavy atom. The first kappa shape index (κ1) is 11.8. The lowest BCUT2D eigenvalue weighted by atomic mass is 9.73. The van der Waals surface area contributed by atoms with Gasteiger partial charge in [-0.05, 0) is 37.1 Å². The minimum atomic E-state index is -0.0836. The molecule has 0 radical (unpaired) electrons. The van der Waals surface area contributed by atoms with E-state index in [0.29, 0.717) is 19.6 Å². The molecule has 1 aromatic rings. The van der Waals surface area contributed by atoms with E-state index in [0.717, 1.165) is 4.47 Å². The van der Waals surface area contributed by atoms with Gasteiger partial charge in [0.25, 0.3) is 0 Å². The van der Waals surface area contributed by atoms with Crippen LogP contribution in [0.15, 0.2) is 22.7 Å². The number of ketones is 1. The number of benzene rings is 1. The van der Waals surface area contributed by atoms with Crippen molar-refractivity contribution in [2.24, 2.45) is 0 Å². The first-order valence-electron chi connectivity index (χ1n) is 5.37. The summed E-state index contributed by atoms with van der Waals surface area (Å²) in [5.41, 5.74) is 2.38. The molecule has 0 spiro atoms. The maximum absolute atomic E-state index is 11.4. The summed E-state index contributed by atoms with van der Waals surface area (Å²) in [7, 11) is 0. The van der Waals surface area contributed by atoms with Gasteiger partial charge in [0.2, 0.25) is 0 Å². The molecule has 0 saturated carbocycles. The number of halogens is 1. The molecule has 0 atom stereocenters. The van der Waals surface area contributed by atoms with Crippen LogP contribution in [0.5, 0.6) is 0 Å². The van der Waals surface area contributed by atoms with Crippen LogP contribution in [0.3, 0.4) is 0 Å². The molecule has 86 valence electrons. The molecule has 0 amide bonds. The number of aryl methyl sites for hydroxylation is 1. The number of carbonyl (C=O) groups excluding carboxylic acids is 1. The Hall–Kier alpha value is -0.670. The standard InChI is InChI=1S/C13H15BrO2/c1-9-3-4-11(14)5-12(9)13(6-10(2)15)7-16-8-13/h3-5H,6-8H2,1-2H3. The predicted octanol–water partition coefficient (Wildman–Crippen LogP) is 3.00. The molecule has 0 bridgehead atoms. The fourth-order valence-electron chi connectivity index (χ4n) is 2.34. The Morgan fingerprint density at radius 2 is 2.19 bits per heavy atom. The van der Waals surface area contributed by atoms with E-state index in [4.69, 9.17) is 4.74 Å². The number of carbonyl (C=O) groups is 1. The van der Waals surface area contributed by atoms with E-state index in [1.54, 1.807) is 6.92 Å². The maximum Gasteiger partial charge on any atom is 0.130 e. The van der Waals surface area contributed by atoms with Gasteiger partial charge in [0.1, 0.15) is 5.78 Å². The van der Waals surface area contributed by atoms with Crippen LogP contribution in [-0.4, -0.2) is 19.0 Å². The molecule has 2 rings (SSSR count). The van der Waals surface area contributed by atoms with Gasteiger partial charge < -0.3 is 4.74 Å². The van der Waals surface area contributed by atoms with E-state index < -0.39 is 0 Å². The second-order valence-corrected chi connectivity index (χ2v) is 5.53. The summed E-state index contributed by atoms with van der Waals surface area (Å²) in [5, 5.41) is 0. The van der Waals surface area contributed by atoms with E-state index in [1.165, 1.54) is 11.1 Å². The fourth-order valence-corrected chi connectivity index (χ4v) is 2.70. The highest BCUT2D eigenvalue weighted by molar-refractivity contribution is 9.10. The Bertz CT molecular complexity index is 422. The summed E-state index contributed by atoms with van der Waals surface area (Å²) in [5.74, 6) is 0.225. The van der Waals surface area contributed by atoms with Crippen molar-refractivity contribution in [2.45, 2.75) is 25.7 Å². The van der Waals surface area contributed by atoms with Crippen LogP contribution in [0, 0.1) is 6.92 Å². The quantitative estimate of drug-likeness (QED) is 0.852. The molecular formula is C13H15BrO2. The first-order valence-corrected chi connectivity index (χ1v) is 6.17. The Balaban J connectivity index is 2.39. The van der Waals surface area contributed by atoms with Gasteiger partial charge in [-0.25, -0.2) is 0 Å². The minimum Gasteiger partial charge on any atom is -0.379 e. The summed E-state index contributed by atoms with van der Waals surface area (Å²) in [6.45, 7) is 5.04. The SMILES string of the molecule is CC(=O)CC1(c2cc(Br)ccc2C)COC1. The fraction of sp³-hybridized carbons (Fsp3) is 0.462. The maximum atomic E-state index is 11.4. The topological polar surface area (TPSA) is 26.3 Å². The molecule has 3 heteroatoms. The zero-order valence-electron chi connectivity index (χ0n) is 9.55. The average Bonchev–Trinajstić information content (AvgIpc) is 2.15. The van der Waals surface area contributed by atoms with Crippen LogP contribution in [0.2, 0.25) is 0 Å². The number of hydrogen-bond donors (Lipinski definition) is 0. The Kier molecular flexibility index (Phi) is 3.17. The molecule has 1 saturated heterocycles. The highest BCUT2D eigenvalue weighted by Gasteiger charge is 2.42. The molecule has 1 heterocycles. The second-order valence-electron chi connectivity index (χ2n) is 4.61. The van der Waals surface area contributed by atoms with Gasteiger partial charge in [-0.3, -0.25) is 4.79 Å². The van der Waals surface area contributed by atoms with Crippen LogP contribution in [0.1, 0.15) is 24.5 Å². The molecule has 0 N–H and O–H groups in total. The van der Waals surface area contributed by atoms with Crippen LogP contribution in [0.25, 0.3) is 0 Å². The lowest BCUT2D eigenvalue weighted by Gasteiger charge is -2.42. The molecule has 0 unspecified atom stereocenters. The largest absolute Gasteiger partial charge is 0.379 e. The van der Waals surface area contributed by atoms with Crippen LogP contribution in [0.4, 0.5) is 0 Å². The molecule has 1 aromatic carbocycles. The third kappa shape index (κ3) is 2.06. The van der Waals surface area contributed by atoms with Gasteiger partial charge in [-0.2, -0.15) is 0 Å². The van der Waals surface area contributed by atoms with Crippen molar-refractivity contribution in [3.63, 3.8) is 0 Å². The number of rotatable bonds is 3. The Morgan fingerprint density at radius 3 is 2.69 bits per heavy atom. The summed E-state index contributed by atoms with van der Waals surface area (Å²) in [6, 6.07) is 6.22. The average molecular weight is 283 g/mol. The summed E-state index contributed by atoms with van der Waals surface area (Å²) >= 11 is 3.48. The zero-order chi connectivity index (χ0) is 11.8. The summed E-state index contributed by atoms with van der Waals surface area (Å²) in [6.07, 6.45) is 0.574. The van der Waals surface area contributed by atoms with Gasteiger partial charge in [0, 0.05) is 16.3 Å². The van der Waals surface area contributed by atoms with E-state index in [-0.39, 0.29) is 11.2 Å². The first-order chi connectivity index (χ1) is 7.53. The van der Waals surface area contributed by atoms with Gasteiger partial charge in [0.05, 0.1) is 13.2 Å². The Labute approximate surface area is 104 Å². The van der Waals surface area contributed by atoms with Crippen molar-refractivity contribution in [2.75, 3.05) is 13.2 Å². The molecule has 0 aromatic heterocycles. The van der Waals surface area contributed by atoms with Crippen molar-refractivity contribution < 1.29 is 9.53 Å². The monoisotopic (exact) mass is 282 g/mol. The van der Waals surface area contributed by atoms with Crippen molar-refractivity contribution in [3.05, 3.63) is 33.8 Å². The van der Waals surface area contributed by atoms with E-state index >= 15 is 0 Å². The van der Waals surface area contributed by atoms with Crippen LogP contribution < -0.4 is 0 Å². The van der Waals surface area contributed by atoms with Crippen molar-refractivity contribution in [1.82, 2.24) is 0 Å². The van der Waals surface area contributed by atoms with Crippen molar-refractivity contribution in [3.8, 4) is 0 Å². The summed E-state index contributed by atoms with van der Waals surface area (Å²) in [4.78, 5) is 11.4. The van der Waals surface area contributed by atoms with Gasteiger partial charge in [-0.1, -0.05) is 22.0 Å². The number of hydrogen-bond acceptors (Lipinski definition) is 2. The van der Waals surface area contributed by atoms with Gasteiger partial charge in [0.15, 0.2) is 0 Å². The highest BCUT2D eigenvalue weighted by atomic mass is 79.9. The van der Waals surface area contributed by atoms with Crippen molar-refractivity contribution >= 4 is 21.7 Å². The normalized spacial score (nSPS) is 17.9. The summed E-state index contributed by atoms with van der Waals surface area (Å²) < 4.78 is 6.38. The molecular weight excluding hydrogens is 268 g/mol. The van der Waals surface area contributed by atoms with Gasteiger partial charge >= 0.3 is 0 Å². The lowest BCUT2D eigenvalue weighted by molar-refractivity contribution is -0.125. The molecule has 2 nitrogen and oxygen atoms in total. The molecule has 1 aliphatic rings. The highest BCUT2D eigenvalue weighted by Crippen LogP contribution is 2.38. The van der Waals surface area contributed by atoms with E-state index in [1.807, 2.05) is 6.07 Å². The third-order valence-electron chi connectivity index (χ3n) is 3.12. The predicted molar refractivity (Wildman–Crippen MR) is 66.7 cm³/mol.